The van der Waals surface area contributed by atoms with E-state index in [0.717, 1.165) is 38.8 Å². The molecule has 2 aliphatic rings. The Labute approximate surface area is 97.1 Å². The molecule has 1 aliphatic carbocycles. The molecule has 0 aromatic heterocycles. The molecule has 2 N–H and O–H groups in total. The predicted octanol–water partition coefficient (Wildman–Crippen LogP) is 0.895. The second-order valence-electron chi connectivity index (χ2n) is 5.16. The Bertz CT molecular complexity index is 258. The zero-order valence-electron chi connectivity index (χ0n) is 10.1. The summed E-state index contributed by atoms with van der Waals surface area (Å²) in [6.45, 7) is 1.71. The minimum atomic E-state index is -0.515. The summed E-state index contributed by atoms with van der Waals surface area (Å²) in [5.74, 6) is 0.111. The Hall–Kier alpha value is -0.610. The monoisotopic (exact) mass is 226 g/mol. The standard InChI is InChI=1S/C12H22N2O2/c1-14(11(15)12(13)6-7-12)8-2-4-10-5-3-9-16-10/h10H,2-9,13H2,1H3. The lowest BCUT2D eigenvalue weighted by Crippen LogP contribution is -2.44. The average molecular weight is 226 g/mol. The summed E-state index contributed by atoms with van der Waals surface area (Å²) in [6.07, 6.45) is 6.57. The number of likely N-dealkylation sites (N-methyl/N-ethyl adjacent to an activating group) is 1. The number of amides is 1. The highest BCUT2D eigenvalue weighted by Crippen LogP contribution is 2.33. The summed E-state index contributed by atoms with van der Waals surface area (Å²) < 4.78 is 5.55. The molecule has 0 aromatic carbocycles. The topological polar surface area (TPSA) is 55.6 Å². The molecule has 1 atom stereocenters. The molecule has 0 spiro atoms. The predicted molar refractivity (Wildman–Crippen MR) is 62.0 cm³/mol. The minimum absolute atomic E-state index is 0.111. The van der Waals surface area contributed by atoms with Crippen molar-refractivity contribution < 1.29 is 9.53 Å². The van der Waals surface area contributed by atoms with Gasteiger partial charge in [-0.25, -0.2) is 0 Å². The van der Waals surface area contributed by atoms with Crippen LogP contribution >= 0.6 is 0 Å². The Morgan fingerprint density at radius 3 is 2.88 bits per heavy atom. The van der Waals surface area contributed by atoms with Crippen molar-refractivity contribution in [2.75, 3.05) is 20.2 Å². The summed E-state index contributed by atoms with van der Waals surface area (Å²) >= 11 is 0. The van der Waals surface area contributed by atoms with Crippen molar-refractivity contribution in [2.24, 2.45) is 5.73 Å². The molecule has 1 saturated carbocycles. The fourth-order valence-electron chi connectivity index (χ4n) is 2.26. The maximum atomic E-state index is 11.8. The molecule has 1 saturated heterocycles. The summed E-state index contributed by atoms with van der Waals surface area (Å²) in [4.78, 5) is 13.6. The van der Waals surface area contributed by atoms with Gasteiger partial charge in [-0.1, -0.05) is 0 Å². The number of ether oxygens (including phenoxy) is 1. The van der Waals surface area contributed by atoms with Crippen LogP contribution in [0.4, 0.5) is 0 Å². The molecular weight excluding hydrogens is 204 g/mol. The van der Waals surface area contributed by atoms with Crippen LogP contribution in [0.3, 0.4) is 0 Å². The molecule has 0 bridgehead atoms. The third kappa shape index (κ3) is 2.74. The van der Waals surface area contributed by atoms with Gasteiger partial charge in [0.15, 0.2) is 0 Å². The number of hydrogen-bond acceptors (Lipinski definition) is 3. The van der Waals surface area contributed by atoms with Gasteiger partial charge in [0, 0.05) is 20.2 Å². The second-order valence-corrected chi connectivity index (χ2v) is 5.16. The van der Waals surface area contributed by atoms with E-state index in [1.54, 1.807) is 4.90 Å². The number of rotatable bonds is 5. The molecule has 1 unspecified atom stereocenters. The molecule has 16 heavy (non-hydrogen) atoms. The Morgan fingerprint density at radius 2 is 2.31 bits per heavy atom. The zero-order chi connectivity index (χ0) is 11.6. The molecule has 2 rings (SSSR count). The van der Waals surface area contributed by atoms with Crippen molar-refractivity contribution in [3.8, 4) is 0 Å². The van der Waals surface area contributed by atoms with Gasteiger partial charge in [0.05, 0.1) is 11.6 Å². The first-order valence-electron chi connectivity index (χ1n) is 6.28. The number of carbonyl (C=O) groups excluding carboxylic acids is 1. The van der Waals surface area contributed by atoms with Gasteiger partial charge in [-0.15, -0.1) is 0 Å². The fraction of sp³-hybridized carbons (Fsp3) is 0.917. The summed E-state index contributed by atoms with van der Waals surface area (Å²) in [5, 5.41) is 0. The van der Waals surface area contributed by atoms with Crippen LogP contribution in [0.25, 0.3) is 0 Å². The Balaban J connectivity index is 1.63. The molecule has 92 valence electrons. The summed E-state index contributed by atoms with van der Waals surface area (Å²) in [6, 6.07) is 0. The van der Waals surface area contributed by atoms with Crippen molar-refractivity contribution in [3.05, 3.63) is 0 Å². The van der Waals surface area contributed by atoms with Crippen molar-refractivity contribution in [2.45, 2.75) is 50.2 Å². The van der Waals surface area contributed by atoms with Gasteiger partial charge in [0.25, 0.3) is 0 Å². The van der Waals surface area contributed by atoms with Crippen LogP contribution < -0.4 is 5.73 Å². The van der Waals surface area contributed by atoms with Gasteiger partial charge in [-0.2, -0.15) is 0 Å². The van der Waals surface area contributed by atoms with Crippen LogP contribution in [0.1, 0.15) is 38.5 Å². The highest BCUT2D eigenvalue weighted by molar-refractivity contribution is 5.88. The molecule has 1 aliphatic heterocycles. The molecule has 4 heteroatoms. The lowest BCUT2D eigenvalue weighted by Gasteiger charge is -2.21. The minimum Gasteiger partial charge on any atom is -0.378 e. The van der Waals surface area contributed by atoms with Crippen LogP contribution in [-0.2, 0) is 9.53 Å². The largest absolute Gasteiger partial charge is 0.378 e. The van der Waals surface area contributed by atoms with Gasteiger partial charge in [0.1, 0.15) is 0 Å². The summed E-state index contributed by atoms with van der Waals surface area (Å²) in [7, 11) is 1.85. The van der Waals surface area contributed by atoms with Gasteiger partial charge in [0.2, 0.25) is 5.91 Å². The maximum absolute atomic E-state index is 11.8. The van der Waals surface area contributed by atoms with Crippen LogP contribution in [-0.4, -0.2) is 42.6 Å². The fourth-order valence-corrected chi connectivity index (χ4v) is 2.26. The van der Waals surface area contributed by atoms with Crippen molar-refractivity contribution >= 4 is 5.91 Å². The molecular formula is C12H22N2O2. The molecule has 1 heterocycles. The Morgan fingerprint density at radius 1 is 1.56 bits per heavy atom. The third-order valence-electron chi connectivity index (χ3n) is 3.60. The molecule has 4 nitrogen and oxygen atoms in total. The Kier molecular flexibility index (Phi) is 3.50. The second kappa shape index (κ2) is 4.72. The van der Waals surface area contributed by atoms with Gasteiger partial charge in [-0.05, 0) is 38.5 Å². The highest BCUT2D eigenvalue weighted by atomic mass is 16.5. The molecule has 0 radical (unpaired) electrons. The van der Waals surface area contributed by atoms with Crippen LogP contribution in [0.2, 0.25) is 0 Å². The van der Waals surface area contributed by atoms with E-state index in [1.807, 2.05) is 7.05 Å². The third-order valence-corrected chi connectivity index (χ3v) is 3.60. The summed E-state index contributed by atoms with van der Waals surface area (Å²) in [5.41, 5.74) is 5.35. The first-order valence-corrected chi connectivity index (χ1v) is 6.28. The van der Waals surface area contributed by atoms with Gasteiger partial charge < -0.3 is 15.4 Å². The van der Waals surface area contributed by atoms with Crippen LogP contribution in [0.5, 0.6) is 0 Å². The van der Waals surface area contributed by atoms with E-state index in [4.69, 9.17) is 10.5 Å². The first-order chi connectivity index (χ1) is 7.62. The number of nitrogens with two attached hydrogens (primary N) is 1. The number of nitrogens with zero attached hydrogens (tertiary/aromatic N) is 1. The normalized spacial score (nSPS) is 26.8. The van der Waals surface area contributed by atoms with E-state index in [1.165, 1.54) is 12.8 Å². The lowest BCUT2D eigenvalue weighted by molar-refractivity contribution is -0.132. The van der Waals surface area contributed by atoms with E-state index < -0.39 is 5.54 Å². The lowest BCUT2D eigenvalue weighted by atomic mass is 10.1. The number of hydrogen-bond donors (Lipinski definition) is 1. The van der Waals surface area contributed by atoms with Gasteiger partial charge >= 0.3 is 0 Å². The van der Waals surface area contributed by atoms with E-state index >= 15 is 0 Å². The molecule has 0 aromatic rings. The first kappa shape index (κ1) is 11.9. The molecule has 1 amide bonds. The SMILES string of the molecule is CN(CCCC1CCCO1)C(=O)C1(N)CC1. The van der Waals surface area contributed by atoms with Crippen LogP contribution in [0.15, 0.2) is 0 Å². The molecule has 2 fully saturated rings. The van der Waals surface area contributed by atoms with Crippen molar-refractivity contribution in [1.82, 2.24) is 4.90 Å². The van der Waals surface area contributed by atoms with E-state index in [9.17, 15) is 4.79 Å². The van der Waals surface area contributed by atoms with Crippen LogP contribution in [0, 0.1) is 0 Å². The average Bonchev–Trinajstić information content (AvgIpc) is 2.81. The quantitative estimate of drug-likeness (QED) is 0.757. The van der Waals surface area contributed by atoms with E-state index in [-0.39, 0.29) is 5.91 Å². The number of carbonyl (C=O) groups is 1. The van der Waals surface area contributed by atoms with E-state index in [2.05, 4.69) is 0 Å². The smallest absolute Gasteiger partial charge is 0.242 e. The van der Waals surface area contributed by atoms with Crippen molar-refractivity contribution in [1.29, 1.82) is 0 Å². The maximum Gasteiger partial charge on any atom is 0.242 e. The van der Waals surface area contributed by atoms with Gasteiger partial charge in [-0.3, -0.25) is 4.79 Å². The zero-order valence-corrected chi connectivity index (χ0v) is 10.1. The van der Waals surface area contributed by atoms with Crippen molar-refractivity contribution in [3.63, 3.8) is 0 Å². The van der Waals surface area contributed by atoms with E-state index in [0.29, 0.717) is 6.10 Å². The highest BCUT2D eigenvalue weighted by Gasteiger charge is 2.47.